The summed E-state index contributed by atoms with van der Waals surface area (Å²) in [4.78, 5) is 3.96. The van der Waals surface area contributed by atoms with Crippen molar-refractivity contribution < 1.29 is 8.91 Å². The van der Waals surface area contributed by atoms with E-state index in [1.54, 1.807) is 36.7 Å². The zero-order valence-electron chi connectivity index (χ0n) is 10.2. The van der Waals surface area contributed by atoms with Crippen LogP contribution in [0.4, 0.5) is 10.3 Å². The van der Waals surface area contributed by atoms with Crippen molar-refractivity contribution >= 4 is 21.8 Å². The molecule has 0 aliphatic carbocycles. The first kappa shape index (κ1) is 12.8. The van der Waals surface area contributed by atoms with Gasteiger partial charge in [-0.15, -0.1) is 0 Å². The smallest absolute Gasteiger partial charge is 0.230 e. The molecule has 0 saturated carbocycles. The highest BCUT2D eigenvalue weighted by Crippen LogP contribution is 2.39. The first-order valence-corrected chi connectivity index (χ1v) is 6.57. The molecular formula is C14H9BrFN3O. The Bertz CT molecular complexity index is 758. The molecule has 100 valence electrons. The van der Waals surface area contributed by atoms with Crippen LogP contribution < -0.4 is 5.73 Å². The van der Waals surface area contributed by atoms with Crippen LogP contribution in [0.1, 0.15) is 0 Å². The topological polar surface area (TPSA) is 64.9 Å². The van der Waals surface area contributed by atoms with E-state index in [2.05, 4.69) is 26.1 Å². The van der Waals surface area contributed by atoms with E-state index in [9.17, 15) is 4.39 Å². The van der Waals surface area contributed by atoms with Gasteiger partial charge in [-0.2, -0.15) is 0 Å². The molecule has 0 saturated heterocycles. The molecule has 0 spiro atoms. The second-order valence-electron chi connectivity index (χ2n) is 4.11. The van der Waals surface area contributed by atoms with E-state index in [0.29, 0.717) is 21.3 Å². The highest BCUT2D eigenvalue weighted by molar-refractivity contribution is 9.10. The maximum atomic E-state index is 13.7. The molecule has 2 aromatic heterocycles. The summed E-state index contributed by atoms with van der Waals surface area (Å²) in [5.74, 6) is -0.188. The van der Waals surface area contributed by atoms with Gasteiger partial charge in [-0.3, -0.25) is 4.98 Å². The van der Waals surface area contributed by atoms with Gasteiger partial charge in [0.1, 0.15) is 11.5 Å². The third kappa shape index (κ3) is 2.08. The molecule has 0 amide bonds. The average molecular weight is 334 g/mol. The quantitative estimate of drug-likeness (QED) is 0.772. The first-order valence-electron chi connectivity index (χ1n) is 5.78. The molecule has 2 heterocycles. The molecule has 0 aliphatic heterocycles. The number of anilines is 1. The van der Waals surface area contributed by atoms with Crippen molar-refractivity contribution in [3.63, 3.8) is 0 Å². The van der Waals surface area contributed by atoms with Gasteiger partial charge in [-0.1, -0.05) is 17.3 Å². The summed E-state index contributed by atoms with van der Waals surface area (Å²) in [5.41, 5.74) is 8.34. The molecule has 6 heteroatoms. The number of halogens is 2. The van der Waals surface area contributed by atoms with Gasteiger partial charge in [0.15, 0.2) is 0 Å². The number of nitrogens with zero attached hydrogens (tertiary/aromatic N) is 2. The van der Waals surface area contributed by atoms with Crippen LogP contribution >= 0.6 is 15.9 Å². The van der Waals surface area contributed by atoms with Crippen LogP contribution in [-0.4, -0.2) is 10.1 Å². The number of hydrogen-bond acceptors (Lipinski definition) is 4. The van der Waals surface area contributed by atoms with Crippen LogP contribution in [0.15, 0.2) is 51.7 Å². The van der Waals surface area contributed by atoms with E-state index in [1.165, 1.54) is 6.07 Å². The molecule has 20 heavy (non-hydrogen) atoms. The van der Waals surface area contributed by atoms with E-state index < -0.39 is 0 Å². The van der Waals surface area contributed by atoms with E-state index in [-0.39, 0.29) is 11.7 Å². The van der Waals surface area contributed by atoms with E-state index in [1.807, 2.05) is 0 Å². The van der Waals surface area contributed by atoms with Gasteiger partial charge in [-0.05, 0) is 39.7 Å². The van der Waals surface area contributed by atoms with E-state index in [0.717, 1.165) is 5.56 Å². The molecule has 0 bridgehead atoms. The standard InChI is InChI=1S/C14H9BrFN3O/c15-12-9(2-1-3-10(12)16)13-11(14(17)20-19-13)8-4-6-18-7-5-8/h1-7H,17H2. The normalized spacial score (nSPS) is 10.7. The number of rotatable bonds is 2. The zero-order valence-corrected chi connectivity index (χ0v) is 11.8. The fraction of sp³-hybridized carbons (Fsp3) is 0. The molecular weight excluding hydrogens is 325 g/mol. The number of benzene rings is 1. The van der Waals surface area contributed by atoms with Crippen molar-refractivity contribution in [3.05, 3.63) is 53.0 Å². The predicted octanol–water partition coefficient (Wildman–Crippen LogP) is 3.89. The summed E-state index contributed by atoms with van der Waals surface area (Å²) in [6, 6.07) is 8.30. The van der Waals surface area contributed by atoms with Gasteiger partial charge in [0.2, 0.25) is 5.88 Å². The van der Waals surface area contributed by atoms with E-state index in [4.69, 9.17) is 10.3 Å². The lowest BCUT2D eigenvalue weighted by Crippen LogP contribution is -1.90. The minimum Gasteiger partial charge on any atom is -0.367 e. The summed E-state index contributed by atoms with van der Waals surface area (Å²) in [6.45, 7) is 0. The van der Waals surface area contributed by atoms with Crippen LogP contribution in [0.3, 0.4) is 0 Å². The first-order chi connectivity index (χ1) is 9.68. The lowest BCUT2D eigenvalue weighted by molar-refractivity contribution is 0.439. The second-order valence-corrected chi connectivity index (χ2v) is 4.90. The number of nitrogen functional groups attached to an aromatic ring is 1. The fourth-order valence-corrected chi connectivity index (χ4v) is 2.42. The fourth-order valence-electron chi connectivity index (χ4n) is 1.97. The Kier molecular flexibility index (Phi) is 3.23. The predicted molar refractivity (Wildman–Crippen MR) is 77.2 cm³/mol. The Morgan fingerprint density at radius 2 is 1.90 bits per heavy atom. The highest BCUT2D eigenvalue weighted by atomic mass is 79.9. The maximum absolute atomic E-state index is 13.7. The van der Waals surface area contributed by atoms with Gasteiger partial charge in [0.25, 0.3) is 0 Å². The van der Waals surface area contributed by atoms with Crippen molar-refractivity contribution in [2.75, 3.05) is 5.73 Å². The largest absolute Gasteiger partial charge is 0.367 e. The summed E-state index contributed by atoms with van der Waals surface area (Å²) >= 11 is 3.22. The van der Waals surface area contributed by atoms with Crippen LogP contribution in [0.2, 0.25) is 0 Å². The second kappa shape index (κ2) is 5.05. The van der Waals surface area contributed by atoms with Gasteiger partial charge < -0.3 is 10.3 Å². The molecule has 0 aliphatic rings. The molecule has 0 atom stereocenters. The SMILES string of the molecule is Nc1onc(-c2cccc(F)c2Br)c1-c1ccncc1. The Morgan fingerprint density at radius 3 is 2.65 bits per heavy atom. The van der Waals surface area contributed by atoms with Crippen molar-refractivity contribution in [2.45, 2.75) is 0 Å². The number of hydrogen-bond donors (Lipinski definition) is 1. The molecule has 0 radical (unpaired) electrons. The molecule has 1 aromatic carbocycles. The summed E-state index contributed by atoms with van der Waals surface area (Å²) in [5, 5.41) is 3.95. The van der Waals surface area contributed by atoms with Crippen molar-refractivity contribution in [2.24, 2.45) is 0 Å². The lowest BCUT2D eigenvalue weighted by Gasteiger charge is -2.05. The number of pyridine rings is 1. The van der Waals surface area contributed by atoms with Gasteiger partial charge >= 0.3 is 0 Å². The molecule has 2 N–H and O–H groups in total. The number of aromatic nitrogens is 2. The molecule has 0 fully saturated rings. The third-order valence-electron chi connectivity index (χ3n) is 2.89. The molecule has 4 nitrogen and oxygen atoms in total. The summed E-state index contributed by atoms with van der Waals surface area (Å²) < 4.78 is 19.0. The Balaban J connectivity index is 2.24. The average Bonchev–Trinajstić information content (AvgIpc) is 2.84. The third-order valence-corrected chi connectivity index (χ3v) is 3.70. The Labute approximate surface area is 122 Å². The van der Waals surface area contributed by atoms with Gasteiger partial charge in [0.05, 0.1) is 10.0 Å². The van der Waals surface area contributed by atoms with Crippen LogP contribution in [0, 0.1) is 5.82 Å². The van der Waals surface area contributed by atoms with Gasteiger partial charge in [-0.25, -0.2) is 4.39 Å². The monoisotopic (exact) mass is 333 g/mol. The van der Waals surface area contributed by atoms with E-state index >= 15 is 0 Å². The Morgan fingerprint density at radius 1 is 1.15 bits per heavy atom. The summed E-state index contributed by atoms with van der Waals surface area (Å²) in [6.07, 6.45) is 3.29. The molecule has 3 aromatic rings. The Hall–Kier alpha value is -2.21. The maximum Gasteiger partial charge on any atom is 0.230 e. The minimum absolute atomic E-state index is 0.183. The number of nitrogens with two attached hydrogens (primary N) is 1. The van der Waals surface area contributed by atoms with Crippen LogP contribution in [0.25, 0.3) is 22.4 Å². The minimum atomic E-state index is -0.371. The molecule has 0 unspecified atom stereocenters. The van der Waals surface area contributed by atoms with Gasteiger partial charge in [0, 0.05) is 18.0 Å². The van der Waals surface area contributed by atoms with Crippen LogP contribution in [0.5, 0.6) is 0 Å². The van der Waals surface area contributed by atoms with Crippen LogP contribution in [-0.2, 0) is 0 Å². The van der Waals surface area contributed by atoms with Crippen molar-refractivity contribution in [1.29, 1.82) is 0 Å². The zero-order chi connectivity index (χ0) is 14.1. The highest BCUT2D eigenvalue weighted by Gasteiger charge is 2.20. The molecule has 3 rings (SSSR count). The summed E-state index contributed by atoms with van der Waals surface area (Å²) in [7, 11) is 0. The lowest BCUT2D eigenvalue weighted by atomic mass is 10.0. The van der Waals surface area contributed by atoms with Crippen molar-refractivity contribution in [1.82, 2.24) is 10.1 Å². The van der Waals surface area contributed by atoms with Crippen molar-refractivity contribution in [3.8, 4) is 22.4 Å².